The van der Waals surface area contributed by atoms with Gasteiger partial charge in [0.15, 0.2) is 9.84 Å². The summed E-state index contributed by atoms with van der Waals surface area (Å²) in [6, 6.07) is 8.26. The largest absolute Gasteiger partial charge is 0.458 e. The summed E-state index contributed by atoms with van der Waals surface area (Å²) in [6.45, 7) is 1.25. The third kappa shape index (κ3) is 4.03. The second-order valence-corrected chi connectivity index (χ2v) is 9.44. The van der Waals surface area contributed by atoms with Crippen LogP contribution in [0, 0.1) is 17.1 Å². The molecular weight excluding hydrogens is 453 g/mol. The molecule has 3 rings (SSSR count). The summed E-state index contributed by atoms with van der Waals surface area (Å²) in [5, 5.41) is 9.00. The Balaban J connectivity index is 2.15. The van der Waals surface area contributed by atoms with Crippen molar-refractivity contribution in [2.45, 2.75) is 29.2 Å². The van der Waals surface area contributed by atoms with Gasteiger partial charge in [0.05, 0.1) is 16.5 Å². The average molecular weight is 468 g/mol. The first-order valence-electron chi connectivity index (χ1n) is 8.17. The molecule has 0 saturated carbocycles. The molecule has 1 aliphatic rings. The van der Waals surface area contributed by atoms with Crippen LogP contribution in [0.1, 0.15) is 41.0 Å². The zero-order chi connectivity index (χ0) is 20.6. The minimum atomic E-state index is -3.60. The lowest BCUT2D eigenvalue weighted by Gasteiger charge is -2.17. The molecule has 0 unspecified atom stereocenters. The lowest BCUT2D eigenvalue weighted by molar-refractivity contribution is -0.146. The van der Waals surface area contributed by atoms with Crippen LogP contribution >= 0.6 is 15.9 Å². The number of carbonyl (C=O) groups excluding carboxylic acids is 1. The minimum absolute atomic E-state index is 0.0417. The van der Waals surface area contributed by atoms with Crippen LogP contribution in [0.25, 0.3) is 0 Å². The number of hydrogen-bond donors (Lipinski definition) is 0. The molecule has 0 spiro atoms. The predicted octanol–water partition coefficient (Wildman–Crippen LogP) is 4.34. The first-order valence-corrected chi connectivity index (χ1v) is 11.0. The number of rotatable bonds is 4. The van der Waals surface area contributed by atoms with E-state index in [0.717, 1.165) is 18.4 Å². The van der Waals surface area contributed by atoms with Crippen LogP contribution in [-0.2, 0) is 19.4 Å². The lowest BCUT2D eigenvalue weighted by atomic mass is 10.1. The first-order chi connectivity index (χ1) is 13.1. The summed E-state index contributed by atoms with van der Waals surface area (Å²) in [6.07, 6.45) is 0.637. The standard InChI is InChI=1S/C19H15BrFNO5S/c1-10(23)26-16-8-14(20)18-15(3-4-17(19(16)18)28(2,24)25)27-13-6-11(9-22)5-12(21)7-13/h3-7,14,16H,8H2,1-2H3/t14-,16+/m0/s1. The van der Waals surface area contributed by atoms with Crippen molar-refractivity contribution in [3.05, 3.63) is 52.8 Å². The van der Waals surface area contributed by atoms with E-state index in [1.165, 1.54) is 25.1 Å². The molecule has 0 heterocycles. The molecule has 0 aliphatic heterocycles. The Morgan fingerprint density at radius 2 is 2.00 bits per heavy atom. The zero-order valence-electron chi connectivity index (χ0n) is 14.9. The van der Waals surface area contributed by atoms with E-state index in [0.29, 0.717) is 17.5 Å². The van der Waals surface area contributed by atoms with E-state index in [2.05, 4.69) is 15.9 Å². The molecule has 0 radical (unpaired) electrons. The average Bonchev–Trinajstić information content (AvgIpc) is 2.89. The third-order valence-corrected chi connectivity index (χ3v) is 6.19. The van der Waals surface area contributed by atoms with Crippen molar-refractivity contribution < 1.29 is 27.1 Å². The first kappa shape index (κ1) is 20.3. The van der Waals surface area contributed by atoms with Crippen molar-refractivity contribution >= 4 is 31.7 Å². The molecule has 28 heavy (non-hydrogen) atoms. The van der Waals surface area contributed by atoms with E-state index >= 15 is 0 Å². The second-order valence-electron chi connectivity index (χ2n) is 6.35. The number of hydrogen-bond acceptors (Lipinski definition) is 6. The molecule has 0 bridgehead atoms. The summed E-state index contributed by atoms with van der Waals surface area (Å²) >= 11 is 3.48. The van der Waals surface area contributed by atoms with Crippen LogP contribution < -0.4 is 4.74 Å². The molecule has 0 saturated heterocycles. The summed E-state index contributed by atoms with van der Waals surface area (Å²) in [7, 11) is -3.60. The van der Waals surface area contributed by atoms with E-state index in [-0.39, 0.29) is 26.8 Å². The van der Waals surface area contributed by atoms with Gasteiger partial charge in [-0.2, -0.15) is 5.26 Å². The topological polar surface area (TPSA) is 93.5 Å². The fourth-order valence-electron chi connectivity index (χ4n) is 3.21. The highest BCUT2D eigenvalue weighted by Crippen LogP contribution is 2.52. The normalized spacial score (nSPS) is 18.2. The summed E-state index contributed by atoms with van der Waals surface area (Å²) in [5.74, 6) is -0.784. The Hall–Kier alpha value is -2.44. The molecule has 2 aromatic rings. The van der Waals surface area contributed by atoms with Gasteiger partial charge in [-0.15, -0.1) is 0 Å². The van der Waals surface area contributed by atoms with Crippen LogP contribution in [0.2, 0.25) is 0 Å². The molecule has 0 N–H and O–H groups in total. The number of esters is 1. The molecule has 9 heteroatoms. The Labute approximate surface area is 169 Å². The van der Waals surface area contributed by atoms with Gasteiger partial charge in [0.1, 0.15) is 23.4 Å². The van der Waals surface area contributed by atoms with Gasteiger partial charge >= 0.3 is 5.97 Å². The number of fused-ring (bicyclic) bond motifs is 1. The van der Waals surface area contributed by atoms with E-state index in [4.69, 9.17) is 14.7 Å². The second kappa shape index (κ2) is 7.53. The minimum Gasteiger partial charge on any atom is -0.458 e. The molecule has 2 atom stereocenters. The lowest BCUT2D eigenvalue weighted by Crippen LogP contribution is -2.10. The van der Waals surface area contributed by atoms with Gasteiger partial charge in [0.25, 0.3) is 0 Å². The Morgan fingerprint density at radius 3 is 2.61 bits per heavy atom. The number of halogens is 2. The van der Waals surface area contributed by atoms with Crippen LogP contribution in [0.3, 0.4) is 0 Å². The van der Waals surface area contributed by atoms with Crippen LogP contribution in [0.4, 0.5) is 4.39 Å². The number of carbonyl (C=O) groups is 1. The highest BCUT2D eigenvalue weighted by atomic mass is 79.9. The Morgan fingerprint density at radius 1 is 1.29 bits per heavy atom. The van der Waals surface area contributed by atoms with Crippen molar-refractivity contribution in [1.82, 2.24) is 0 Å². The SMILES string of the molecule is CC(=O)O[C@@H]1C[C@H](Br)c2c(Oc3cc(F)cc(C#N)c3)ccc(S(C)(=O)=O)c21. The van der Waals surface area contributed by atoms with Gasteiger partial charge in [0, 0.05) is 41.6 Å². The van der Waals surface area contributed by atoms with Crippen molar-refractivity contribution in [2.75, 3.05) is 6.26 Å². The van der Waals surface area contributed by atoms with Crippen molar-refractivity contribution in [1.29, 1.82) is 5.26 Å². The molecule has 6 nitrogen and oxygen atoms in total. The fourth-order valence-corrected chi connectivity index (χ4v) is 4.98. The Kier molecular flexibility index (Phi) is 5.46. The van der Waals surface area contributed by atoms with Crippen LogP contribution in [0.15, 0.2) is 35.2 Å². The smallest absolute Gasteiger partial charge is 0.303 e. The third-order valence-electron chi connectivity index (χ3n) is 4.20. The monoisotopic (exact) mass is 467 g/mol. The number of sulfone groups is 1. The highest BCUT2D eigenvalue weighted by Gasteiger charge is 2.38. The summed E-state index contributed by atoms with van der Waals surface area (Å²) in [4.78, 5) is 11.2. The van der Waals surface area contributed by atoms with E-state index in [1.807, 2.05) is 6.07 Å². The van der Waals surface area contributed by atoms with Gasteiger partial charge < -0.3 is 9.47 Å². The van der Waals surface area contributed by atoms with Gasteiger partial charge in [-0.1, -0.05) is 15.9 Å². The van der Waals surface area contributed by atoms with Crippen molar-refractivity contribution in [3.8, 4) is 17.6 Å². The van der Waals surface area contributed by atoms with Crippen molar-refractivity contribution in [3.63, 3.8) is 0 Å². The van der Waals surface area contributed by atoms with Crippen molar-refractivity contribution in [2.24, 2.45) is 0 Å². The molecule has 146 valence electrons. The van der Waals surface area contributed by atoms with Gasteiger partial charge in [-0.05, 0) is 24.3 Å². The predicted molar refractivity (Wildman–Crippen MR) is 102 cm³/mol. The fraction of sp³-hybridized carbons (Fsp3) is 0.263. The van der Waals surface area contributed by atoms with Gasteiger partial charge in [0.2, 0.25) is 0 Å². The Bertz CT molecular complexity index is 1110. The van der Waals surface area contributed by atoms with Gasteiger partial charge in [-0.25, -0.2) is 12.8 Å². The van der Waals surface area contributed by atoms with E-state index in [9.17, 15) is 17.6 Å². The molecular formula is C19H15BrFNO5S. The molecule has 0 aromatic heterocycles. The van der Waals surface area contributed by atoms with Crippen LogP contribution in [-0.4, -0.2) is 20.6 Å². The number of benzene rings is 2. The number of nitrogens with zero attached hydrogens (tertiary/aromatic N) is 1. The van der Waals surface area contributed by atoms with Crippen LogP contribution in [0.5, 0.6) is 11.5 Å². The molecule has 0 amide bonds. The highest BCUT2D eigenvalue weighted by molar-refractivity contribution is 9.09. The van der Waals surface area contributed by atoms with E-state index < -0.39 is 27.7 Å². The summed E-state index contributed by atoms with van der Waals surface area (Å²) < 4.78 is 49.3. The number of nitriles is 1. The quantitative estimate of drug-likeness (QED) is 0.490. The van der Waals surface area contributed by atoms with Gasteiger partial charge in [-0.3, -0.25) is 4.79 Å². The maximum absolute atomic E-state index is 13.7. The number of ether oxygens (including phenoxy) is 2. The maximum Gasteiger partial charge on any atom is 0.303 e. The molecule has 1 aliphatic carbocycles. The molecule has 0 fully saturated rings. The summed E-state index contributed by atoms with van der Waals surface area (Å²) in [5.41, 5.74) is 0.943. The number of alkyl halides is 1. The maximum atomic E-state index is 13.7. The molecule has 2 aromatic carbocycles. The van der Waals surface area contributed by atoms with E-state index in [1.54, 1.807) is 0 Å². The zero-order valence-corrected chi connectivity index (χ0v) is 17.3.